The van der Waals surface area contributed by atoms with E-state index in [4.69, 9.17) is 21.1 Å². The van der Waals surface area contributed by atoms with E-state index in [-0.39, 0.29) is 23.5 Å². The van der Waals surface area contributed by atoms with Gasteiger partial charge in [-0.2, -0.15) is 0 Å². The lowest BCUT2D eigenvalue weighted by Gasteiger charge is -2.09. The summed E-state index contributed by atoms with van der Waals surface area (Å²) >= 11 is 6.04. The molecule has 1 heterocycles. The molecule has 0 aliphatic carbocycles. The van der Waals surface area contributed by atoms with E-state index in [1.54, 1.807) is 18.2 Å². The summed E-state index contributed by atoms with van der Waals surface area (Å²) in [5.74, 6) is 0.175. The lowest BCUT2D eigenvalue weighted by atomic mass is 10.2. The highest BCUT2D eigenvalue weighted by atomic mass is 35.5. The minimum absolute atomic E-state index is 0.110. The van der Waals surface area contributed by atoms with Gasteiger partial charge in [0.1, 0.15) is 18.1 Å². The number of carbonyl (C=O) groups is 1. The number of pyridine rings is 1. The van der Waals surface area contributed by atoms with Crippen molar-refractivity contribution in [2.45, 2.75) is 6.61 Å². The van der Waals surface area contributed by atoms with Gasteiger partial charge in [-0.3, -0.25) is 9.59 Å². The predicted molar refractivity (Wildman–Crippen MR) is 104 cm³/mol. The van der Waals surface area contributed by atoms with Crippen LogP contribution in [0.2, 0.25) is 5.02 Å². The van der Waals surface area contributed by atoms with Crippen molar-refractivity contribution >= 4 is 23.2 Å². The molecule has 0 unspecified atom stereocenters. The SMILES string of the molecule is COc1ccc(NC(=O)c2cc(=O)c(OCc3ccccc3)c[nH]2)cc1Cl. The van der Waals surface area contributed by atoms with Crippen molar-refractivity contribution in [1.82, 2.24) is 4.98 Å². The van der Waals surface area contributed by atoms with Crippen LogP contribution in [0.1, 0.15) is 16.1 Å². The van der Waals surface area contributed by atoms with Gasteiger partial charge in [-0.15, -0.1) is 0 Å². The van der Waals surface area contributed by atoms with Crippen molar-refractivity contribution in [2.24, 2.45) is 0 Å². The third-order valence-corrected chi connectivity index (χ3v) is 4.06. The maximum Gasteiger partial charge on any atom is 0.272 e. The van der Waals surface area contributed by atoms with E-state index >= 15 is 0 Å². The van der Waals surface area contributed by atoms with E-state index in [0.717, 1.165) is 5.56 Å². The van der Waals surface area contributed by atoms with Crippen LogP contribution in [0.3, 0.4) is 0 Å². The average molecular weight is 385 g/mol. The Labute approximate surface area is 160 Å². The van der Waals surface area contributed by atoms with Crippen LogP contribution >= 0.6 is 11.6 Å². The maximum atomic E-state index is 12.3. The molecule has 27 heavy (non-hydrogen) atoms. The van der Waals surface area contributed by atoms with Crippen LogP contribution in [-0.2, 0) is 6.61 Å². The Morgan fingerprint density at radius 2 is 1.89 bits per heavy atom. The van der Waals surface area contributed by atoms with Crippen molar-refractivity contribution in [3.63, 3.8) is 0 Å². The highest BCUT2D eigenvalue weighted by Crippen LogP contribution is 2.27. The number of aromatic amines is 1. The van der Waals surface area contributed by atoms with E-state index < -0.39 is 5.91 Å². The molecular formula is C20H17ClN2O4. The first kappa shape index (κ1) is 18.5. The number of anilines is 1. The summed E-state index contributed by atoms with van der Waals surface area (Å²) < 4.78 is 10.6. The van der Waals surface area contributed by atoms with Gasteiger partial charge in [0.25, 0.3) is 5.91 Å². The summed E-state index contributed by atoms with van der Waals surface area (Å²) in [7, 11) is 1.51. The Morgan fingerprint density at radius 3 is 2.56 bits per heavy atom. The van der Waals surface area contributed by atoms with Gasteiger partial charge in [-0.25, -0.2) is 0 Å². The van der Waals surface area contributed by atoms with Crippen LogP contribution in [0.15, 0.2) is 65.6 Å². The smallest absolute Gasteiger partial charge is 0.272 e. The summed E-state index contributed by atoms with van der Waals surface area (Å²) in [5, 5.41) is 3.03. The number of H-pyrrole nitrogens is 1. The zero-order valence-electron chi connectivity index (χ0n) is 14.5. The molecule has 1 aromatic heterocycles. The zero-order valence-corrected chi connectivity index (χ0v) is 15.2. The number of methoxy groups -OCH3 is 1. The summed E-state index contributed by atoms with van der Waals surface area (Å²) in [6.45, 7) is 0.264. The van der Waals surface area contributed by atoms with Gasteiger partial charge in [0.05, 0.1) is 12.1 Å². The number of carbonyl (C=O) groups excluding carboxylic acids is 1. The second-order valence-corrected chi connectivity index (χ2v) is 6.06. The lowest BCUT2D eigenvalue weighted by molar-refractivity contribution is 0.102. The van der Waals surface area contributed by atoms with Crippen molar-refractivity contribution in [1.29, 1.82) is 0 Å². The minimum atomic E-state index is -0.469. The quantitative estimate of drug-likeness (QED) is 0.676. The molecule has 0 fully saturated rings. The van der Waals surface area contributed by atoms with E-state index in [1.165, 1.54) is 19.4 Å². The van der Waals surface area contributed by atoms with E-state index in [1.807, 2.05) is 30.3 Å². The number of halogens is 1. The standard InChI is InChI=1S/C20H17ClN2O4/c1-26-18-8-7-14(9-15(18)21)23-20(25)16-10-17(24)19(11-22-16)27-12-13-5-3-2-4-6-13/h2-11H,12H2,1H3,(H,22,24)(H,23,25). The molecule has 0 saturated carbocycles. The largest absolute Gasteiger partial charge is 0.495 e. The zero-order chi connectivity index (χ0) is 19.2. The van der Waals surface area contributed by atoms with Crippen molar-refractivity contribution < 1.29 is 14.3 Å². The Bertz CT molecular complexity index is 1000. The molecule has 0 bridgehead atoms. The van der Waals surface area contributed by atoms with Gasteiger partial charge in [0.2, 0.25) is 5.43 Å². The fourth-order valence-electron chi connectivity index (χ4n) is 2.38. The third kappa shape index (κ3) is 4.68. The van der Waals surface area contributed by atoms with Gasteiger partial charge in [-0.05, 0) is 23.8 Å². The number of ether oxygens (including phenoxy) is 2. The topological polar surface area (TPSA) is 80.4 Å². The van der Waals surface area contributed by atoms with Crippen LogP contribution < -0.4 is 20.2 Å². The van der Waals surface area contributed by atoms with E-state index in [9.17, 15) is 9.59 Å². The monoisotopic (exact) mass is 384 g/mol. The predicted octanol–water partition coefficient (Wildman–Crippen LogP) is 3.87. The molecule has 0 radical (unpaired) electrons. The molecule has 2 N–H and O–H groups in total. The van der Waals surface area contributed by atoms with E-state index in [0.29, 0.717) is 16.5 Å². The average Bonchev–Trinajstić information content (AvgIpc) is 2.68. The first-order valence-electron chi connectivity index (χ1n) is 8.11. The first-order chi connectivity index (χ1) is 13.1. The van der Waals surface area contributed by atoms with Crippen LogP contribution in [-0.4, -0.2) is 18.0 Å². The van der Waals surface area contributed by atoms with Crippen LogP contribution in [0.4, 0.5) is 5.69 Å². The molecule has 3 rings (SSSR count). The number of nitrogens with one attached hydrogen (secondary N) is 2. The van der Waals surface area contributed by atoms with Gasteiger partial charge in [0, 0.05) is 18.0 Å². The maximum absolute atomic E-state index is 12.3. The number of benzene rings is 2. The fourth-order valence-corrected chi connectivity index (χ4v) is 2.64. The third-order valence-electron chi connectivity index (χ3n) is 3.77. The number of hydrogen-bond acceptors (Lipinski definition) is 4. The minimum Gasteiger partial charge on any atom is -0.495 e. The Hall–Kier alpha value is -3.25. The molecule has 6 nitrogen and oxygen atoms in total. The summed E-state index contributed by atoms with van der Waals surface area (Å²) in [5.41, 5.74) is 1.15. The van der Waals surface area contributed by atoms with Gasteiger partial charge < -0.3 is 19.8 Å². The Balaban J connectivity index is 1.68. The molecule has 0 spiro atoms. The van der Waals surface area contributed by atoms with Gasteiger partial charge in [0.15, 0.2) is 5.75 Å². The molecule has 0 saturated heterocycles. The summed E-state index contributed by atoms with van der Waals surface area (Å²) in [4.78, 5) is 27.3. The number of amides is 1. The fraction of sp³-hybridized carbons (Fsp3) is 0.100. The second-order valence-electron chi connectivity index (χ2n) is 5.65. The number of aromatic nitrogens is 1. The molecule has 0 atom stereocenters. The van der Waals surface area contributed by atoms with Crippen molar-refractivity contribution in [2.75, 3.05) is 12.4 Å². The highest BCUT2D eigenvalue weighted by molar-refractivity contribution is 6.32. The molecule has 1 amide bonds. The Morgan fingerprint density at radius 1 is 1.11 bits per heavy atom. The molecule has 0 aliphatic heterocycles. The molecule has 138 valence electrons. The highest BCUT2D eigenvalue weighted by Gasteiger charge is 2.11. The van der Waals surface area contributed by atoms with E-state index in [2.05, 4.69) is 10.3 Å². The summed E-state index contributed by atoms with van der Waals surface area (Å²) in [6.07, 6.45) is 1.38. The van der Waals surface area contributed by atoms with Crippen LogP contribution in [0.25, 0.3) is 0 Å². The Kier molecular flexibility index (Phi) is 5.78. The molecular weight excluding hydrogens is 368 g/mol. The molecule has 2 aromatic carbocycles. The second kappa shape index (κ2) is 8.42. The number of hydrogen-bond donors (Lipinski definition) is 2. The van der Waals surface area contributed by atoms with Crippen LogP contribution in [0, 0.1) is 0 Å². The molecule has 3 aromatic rings. The lowest BCUT2D eigenvalue weighted by Crippen LogP contribution is -2.17. The van der Waals surface area contributed by atoms with Crippen LogP contribution in [0.5, 0.6) is 11.5 Å². The molecule has 0 aliphatic rings. The first-order valence-corrected chi connectivity index (χ1v) is 8.49. The van der Waals surface area contributed by atoms with Crippen molar-refractivity contribution in [3.05, 3.63) is 87.3 Å². The van der Waals surface area contributed by atoms with Gasteiger partial charge in [-0.1, -0.05) is 41.9 Å². The van der Waals surface area contributed by atoms with Gasteiger partial charge >= 0.3 is 0 Å². The summed E-state index contributed by atoms with van der Waals surface area (Å²) in [6, 6.07) is 15.5. The number of rotatable bonds is 6. The normalized spacial score (nSPS) is 10.3. The molecule has 7 heteroatoms. The van der Waals surface area contributed by atoms with Crippen molar-refractivity contribution in [3.8, 4) is 11.5 Å².